The van der Waals surface area contributed by atoms with E-state index in [2.05, 4.69) is 36.1 Å². The SMILES string of the molecule is O=C(NCc1ncn[nH]1)c1cn(C2CCNCC2)nn1. The van der Waals surface area contributed by atoms with E-state index < -0.39 is 0 Å². The van der Waals surface area contributed by atoms with Crippen LogP contribution >= 0.6 is 0 Å². The van der Waals surface area contributed by atoms with Gasteiger partial charge in [-0.05, 0) is 25.9 Å². The molecule has 0 radical (unpaired) electrons. The van der Waals surface area contributed by atoms with E-state index in [1.165, 1.54) is 6.33 Å². The number of aromatic amines is 1. The van der Waals surface area contributed by atoms with Crippen molar-refractivity contribution in [3.05, 3.63) is 24.0 Å². The molecule has 9 nitrogen and oxygen atoms in total. The van der Waals surface area contributed by atoms with Crippen LogP contribution in [0.15, 0.2) is 12.5 Å². The second kappa shape index (κ2) is 5.78. The maximum Gasteiger partial charge on any atom is 0.273 e. The van der Waals surface area contributed by atoms with Gasteiger partial charge in [0.1, 0.15) is 12.2 Å². The summed E-state index contributed by atoms with van der Waals surface area (Å²) in [7, 11) is 0. The fraction of sp³-hybridized carbons (Fsp3) is 0.545. The molecule has 0 saturated carbocycles. The van der Waals surface area contributed by atoms with Gasteiger partial charge in [0.25, 0.3) is 5.91 Å². The van der Waals surface area contributed by atoms with Gasteiger partial charge in [0.15, 0.2) is 5.69 Å². The Hall–Kier alpha value is -2.29. The van der Waals surface area contributed by atoms with Crippen molar-refractivity contribution >= 4 is 5.91 Å². The second-order valence-corrected chi connectivity index (χ2v) is 4.68. The van der Waals surface area contributed by atoms with Crippen molar-refractivity contribution in [1.82, 2.24) is 40.8 Å². The van der Waals surface area contributed by atoms with Crippen LogP contribution in [0.1, 0.15) is 35.2 Å². The van der Waals surface area contributed by atoms with Gasteiger partial charge in [-0.3, -0.25) is 9.89 Å². The molecule has 0 bridgehead atoms. The van der Waals surface area contributed by atoms with Gasteiger partial charge in [-0.25, -0.2) is 9.67 Å². The second-order valence-electron chi connectivity index (χ2n) is 4.68. The molecule has 3 heterocycles. The highest BCUT2D eigenvalue weighted by molar-refractivity contribution is 5.91. The van der Waals surface area contributed by atoms with E-state index in [0.29, 0.717) is 24.1 Å². The number of H-pyrrole nitrogens is 1. The van der Waals surface area contributed by atoms with Crippen LogP contribution in [0, 0.1) is 0 Å². The van der Waals surface area contributed by atoms with Gasteiger partial charge in [-0.1, -0.05) is 5.21 Å². The van der Waals surface area contributed by atoms with Crippen molar-refractivity contribution in [3.8, 4) is 0 Å². The fourth-order valence-electron chi connectivity index (χ4n) is 2.20. The number of rotatable bonds is 4. The average molecular weight is 276 g/mol. The molecule has 1 aliphatic heterocycles. The summed E-state index contributed by atoms with van der Waals surface area (Å²) < 4.78 is 1.78. The third kappa shape index (κ3) is 2.82. The minimum absolute atomic E-state index is 0.262. The van der Waals surface area contributed by atoms with E-state index in [0.717, 1.165) is 25.9 Å². The number of piperidine rings is 1. The topological polar surface area (TPSA) is 113 Å². The lowest BCUT2D eigenvalue weighted by Crippen LogP contribution is -2.29. The van der Waals surface area contributed by atoms with Gasteiger partial charge >= 0.3 is 0 Å². The van der Waals surface area contributed by atoms with Gasteiger partial charge < -0.3 is 10.6 Å². The zero-order valence-electron chi connectivity index (χ0n) is 10.9. The summed E-state index contributed by atoms with van der Waals surface area (Å²) in [5.41, 5.74) is 0.322. The molecule has 3 rings (SSSR count). The lowest BCUT2D eigenvalue weighted by Gasteiger charge is -2.22. The predicted molar refractivity (Wildman–Crippen MR) is 68.7 cm³/mol. The van der Waals surface area contributed by atoms with E-state index in [1.807, 2.05) is 0 Å². The number of hydrogen-bond donors (Lipinski definition) is 3. The van der Waals surface area contributed by atoms with E-state index in [-0.39, 0.29) is 5.91 Å². The molecule has 1 fully saturated rings. The van der Waals surface area contributed by atoms with Crippen molar-refractivity contribution < 1.29 is 4.79 Å². The van der Waals surface area contributed by atoms with E-state index >= 15 is 0 Å². The zero-order chi connectivity index (χ0) is 13.8. The molecule has 20 heavy (non-hydrogen) atoms. The van der Waals surface area contributed by atoms with Crippen LogP contribution in [0.3, 0.4) is 0 Å². The third-order valence-corrected chi connectivity index (χ3v) is 3.31. The third-order valence-electron chi connectivity index (χ3n) is 3.31. The molecule has 1 saturated heterocycles. The van der Waals surface area contributed by atoms with Gasteiger partial charge in [-0.2, -0.15) is 5.10 Å². The zero-order valence-corrected chi connectivity index (χ0v) is 10.9. The van der Waals surface area contributed by atoms with Crippen LogP contribution in [-0.2, 0) is 6.54 Å². The van der Waals surface area contributed by atoms with Crippen molar-refractivity contribution in [3.63, 3.8) is 0 Å². The maximum atomic E-state index is 11.9. The number of aromatic nitrogens is 6. The number of amides is 1. The Kier molecular flexibility index (Phi) is 3.68. The molecule has 9 heteroatoms. The van der Waals surface area contributed by atoms with Gasteiger partial charge in [0, 0.05) is 0 Å². The lowest BCUT2D eigenvalue weighted by molar-refractivity contribution is 0.0945. The number of nitrogens with zero attached hydrogens (tertiary/aromatic N) is 5. The minimum Gasteiger partial charge on any atom is -0.343 e. The largest absolute Gasteiger partial charge is 0.343 e. The Balaban J connectivity index is 1.59. The normalized spacial score (nSPS) is 16.2. The molecular weight excluding hydrogens is 260 g/mol. The number of nitrogens with one attached hydrogen (secondary N) is 3. The average Bonchev–Trinajstić information content (AvgIpc) is 3.17. The highest BCUT2D eigenvalue weighted by atomic mass is 16.2. The van der Waals surface area contributed by atoms with Crippen molar-refractivity contribution in [1.29, 1.82) is 0 Å². The molecule has 1 aliphatic rings. The van der Waals surface area contributed by atoms with Gasteiger partial charge in [-0.15, -0.1) is 5.10 Å². The smallest absolute Gasteiger partial charge is 0.273 e. The molecule has 1 amide bonds. The fourth-order valence-corrected chi connectivity index (χ4v) is 2.20. The molecule has 3 N–H and O–H groups in total. The predicted octanol–water partition coefficient (Wildman–Crippen LogP) is -0.749. The Bertz CT molecular complexity index is 557. The standard InChI is InChI=1S/C11H16N8O/c20-11(13-5-10-14-7-15-17-10)9-6-19(18-16-9)8-1-3-12-4-2-8/h6-8,12H,1-5H2,(H,13,20)(H,14,15,17). The Morgan fingerprint density at radius 3 is 3.05 bits per heavy atom. The van der Waals surface area contributed by atoms with Gasteiger partial charge in [0.2, 0.25) is 0 Å². The molecule has 2 aromatic heterocycles. The summed E-state index contributed by atoms with van der Waals surface area (Å²) >= 11 is 0. The highest BCUT2D eigenvalue weighted by Gasteiger charge is 2.18. The van der Waals surface area contributed by atoms with Crippen LogP contribution in [0.2, 0.25) is 0 Å². The Morgan fingerprint density at radius 1 is 1.45 bits per heavy atom. The summed E-state index contributed by atoms with van der Waals surface area (Å²) in [6.07, 6.45) is 5.10. The van der Waals surface area contributed by atoms with Crippen LogP contribution in [0.25, 0.3) is 0 Å². The molecule has 0 spiro atoms. The summed E-state index contributed by atoms with van der Waals surface area (Å²) in [4.78, 5) is 15.9. The molecule has 2 aromatic rings. The van der Waals surface area contributed by atoms with Gasteiger partial charge in [0.05, 0.1) is 18.8 Å². The summed E-state index contributed by atoms with van der Waals surface area (Å²) in [6, 6.07) is 0.319. The lowest BCUT2D eigenvalue weighted by atomic mass is 10.1. The first-order valence-electron chi connectivity index (χ1n) is 6.58. The Morgan fingerprint density at radius 2 is 2.30 bits per heavy atom. The minimum atomic E-state index is -0.262. The maximum absolute atomic E-state index is 11.9. The first kappa shape index (κ1) is 12.7. The molecule has 0 unspecified atom stereocenters. The Labute approximate surface area is 115 Å². The van der Waals surface area contributed by atoms with Crippen LogP contribution < -0.4 is 10.6 Å². The van der Waals surface area contributed by atoms with E-state index in [4.69, 9.17) is 0 Å². The summed E-state index contributed by atoms with van der Waals surface area (Å²) in [5.74, 6) is 0.339. The molecule has 0 aliphatic carbocycles. The van der Waals surface area contributed by atoms with Crippen molar-refractivity contribution in [2.24, 2.45) is 0 Å². The van der Waals surface area contributed by atoms with Crippen molar-refractivity contribution in [2.45, 2.75) is 25.4 Å². The first-order chi connectivity index (χ1) is 9.83. The first-order valence-corrected chi connectivity index (χ1v) is 6.58. The summed E-state index contributed by atoms with van der Waals surface area (Å²) in [5, 5.41) is 20.4. The molecule has 106 valence electrons. The summed E-state index contributed by atoms with van der Waals surface area (Å²) in [6.45, 7) is 2.23. The monoisotopic (exact) mass is 276 g/mol. The number of hydrogen-bond acceptors (Lipinski definition) is 6. The van der Waals surface area contributed by atoms with Crippen molar-refractivity contribution in [2.75, 3.05) is 13.1 Å². The van der Waals surface area contributed by atoms with Crippen LogP contribution in [-0.4, -0.2) is 49.2 Å². The van der Waals surface area contributed by atoms with Crippen LogP contribution in [0.5, 0.6) is 0 Å². The quantitative estimate of drug-likeness (QED) is 0.677. The highest BCUT2D eigenvalue weighted by Crippen LogP contribution is 2.16. The number of carbonyl (C=O) groups is 1. The molecule has 0 aromatic carbocycles. The molecular formula is C11H16N8O. The van der Waals surface area contributed by atoms with Crippen LogP contribution in [0.4, 0.5) is 0 Å². The van der Waals surface area contributed by atoms with E-state index in [9.17, 15) is 4.79 Å². The molecule has 0 atom stereocenters. The van der Waals surface area contributed by atoms with E-state index in [1.54, 1.807) is 10.9 Å². The number of carbonyl (C=O) groups excluding carboxylic acids is 1.